The van der Waals surface area contributed by atoms with E-state index in [-0.39, 0.29) is 5.02 Å². The molecule has 2 aromatic carbocycles. The highest BCUT2D eigenvalue weighted by molar-refractivity contribution is 6.31. The van der Waals surface area contributed by atoms with Crippen molar-refractivity contribution in [2.24, 2.45) is 0 Å². The average molecular weight is 460 g/mol. The van der Waals surface area contributed by atoms with Gasteiger partial charge in [-0.15, -0.1) is 5.10 Å². The number of anilines is 2. The number of hydrogen-bond donors (Lipinski definition) is 2. The summed E-state index contributed by atoms with van der Waals surface area (Å²) in [4.78, 5) is 13.4. The molecule has 0 aliphatic rings. The van der Waals surface area contributed by atoms with Gasteiger partial charge in [0.1, 0.15) is 11.6 Å². The third kappa shape index (κ3) is 4.33. The van der Waals surface area contributed by atoms with Crippen LogP contribution >= 0.6 is 11.6 Å². The molecule has 0 bridgehead atoms. The van der Waals surface area contributed by atoms with Gasteiger partial charge in [-0.3, -0.25) is 4.98 Å². The Hall–Kier alpha value is -4.04. The van der Waals surface area contributed by atoms with Crippen molar-refractivity contribution in [3.8, 4) is 11.3 Å². The Morgan fingerprint density at radius 1 is 1.00 bits per heavy atom. The molecule has 0 radical (unpaired) electrons. The number of nitrogens with zero attached hydrogens (tertiary/aromatic N) is 5. The van der Waals surface area contributed by atoms with E-state index in [1.54, 1.807) is 23.1 Å². The molecule has 0 amide bonds. The SMILES string of the molecule is Nc1c2c(-c3ccc(F)c(Cl)c3)nc(NCc3cccnc3)nc2nn1Cc1ccccc1. The Labute approximate surface area is 194 Å². The van der Waals surface area contributed by atoms with E-state index in [1.165, 1.54) is 12.1 Å². The second-order valence-electron chi connectivity index (χ2n) is 7.47. The van der Waals surface area contributed by atoms with Crippen LogP contribution in [0.5, 0.6) is 0 Å². The maximum absolute atomic E-state index is 13.8. The third-order valence-corrected chi connectivity index (χ3v) is 5.47. The summed E-state index contributed by atoms with van der Waals surface area (Å²) in [6.45, 7) is 0.953. The Morgan fingerprint density at radius 2 is 1.82 bits per heavy atom. The van der Waals surface area contributed by atoms with Gasteiger partial charge in [-0.05, 0) is 35.4 Å². The summed E-state index contributed by atoms with van der Waals surface area (Å²) in [5, 5.41) is 8.42. The van der Waals surface area contributed by atoms with Crippen molar-refractivity contribution in [1.29, 1.82) is 0 Å². The fourth-order valence-electron chi connectivity index (χ4n) is 3.55. The molecule has 164 valence electrons. The fraction of sp³-hybridized carbons (Fsp3) is 0.0833. The summed E-state index contributed by atoms with van der Waals surface area (Å²) < 4.78 is 15.5. The lowest BCUT2D eigenvalue weighted by atomic mass is 10.1. The first kappa shape index (κ1) is 20.8. The van der Waals surface area contributed by atoms with Crippen LogP contribution < -0.4 is 11.1 Å². The normalized spacial score (nSPS) is 11.1. The highest BCUT2D eigenvalue weighted by Gasteiger charge is 2.19. The number of nitrogens with two attached hydrogens (primary N) is 1. The van der Waals surface area contributed by atoms with Gasteiger partial charge in [0.05, 0.1) is 22.6 Å². The zero-order chi connectivity index (χ0) is 22.8. The maximum atomic E-state index is 13.8. The Balaban J connectivity index is 1.61. The van der Waals surface area contributed by atoms with Crippen molar-refractivity contribution in [3.63, 3.8) is 0 Å². The first-order valence-corrected chi connectivity index (χ1v) is 10.6. The van der Waals surface area contributed by atoms with Crippen LogP contribution in [-0.4, -0.2) is 24.7 Å². The molecule has 5 rings (SSSR count). The van der Waals surface area contributed by atoms with Crippen molar-refractivity contribution in [1.82, 2.24) is 24.7 Å². The van der Waals surface area contributed by atoms with Gasteiger partial charge in [0.25, 0.3) is 0 Å². The van der Waals surface area contributed by atoms with E-state index < -0.39 is 5.82 Å². The number of nitrogens with one attached hydrogen (secondary N) is 1. The van der Waals surface area contributed by atoms with Crippen LogP contribution in [0.15, 0.2) is 73.1 Å². The topological polar surface area (TPSA) is 94.5 Å². The van der Waals surface area contributed by atoms with Crippen molar-refractivity contribution >= 4 is 34.4 Å². The molecule has 0 aliphatic heterocycles. The standard InChI is InChI=1S/C24H19ClFN7/c25-18-11-17(8-9-19(18)26)21-20-22(27)33(14-15-5-2-1-3-6-15)32-23(20)31-24(30-21)29-13-16-7-4-10-28-12-16/h1-12H,13-14,27H2,(H,29,31,32). The van der Waals surface area contributed by atoms with Gasteiger partial charge in [0.15, 0.2) is 5.65 Å². The van der Waals surface area contributed by atoms with Crippen molar-refractivity contribution in [3.05, 3.63) is 95.0 Å². The van der Waals surface area contributed by atoms with E-state index in [4.69, 9.17) is 17.3 Å². The lowest BCUT2D eigenvalue weighted by Gasteiger charge is -2.09. The summed E-state index contributed by atoms with van der Waals surface area (Å²) in [5.41, 5.74) is 10.1. The molecule has 0 saturated heterocycles. The number of nitrogen functional groups attached to an aromatic ring is 1. The van der Waals surface area contributed by atoms with E-state index in [2.05, 4.69) is 25.4 Å². The Bertz CT molecular complexity index is 1420. The molecular weight excluding hydrogens is 441 g/mol. The largest absolute Gasteiger partial charge is 0.383 e. The van der Waals surface area contributed by atoms with Gasteiger partial charge in [-0.1, -0.05) is 48.0 Å². The molecule has 0 spiro atoms. The second-order valence-corrected chi connectivity index (χ2v) is 7.87. The lowest BCUT2D eigenvalue weighted by Crippen LogP contribution is -2.05. The number of pyridine rings is 1. The molecule has 0 atom stereocenters. The zero-order valence-electron chi connectivity index (χ0n) is 17.4. The van der Waals surface area contributed by atoms with Gasteiger partial charge in [0, 0.05) is 24.5 Å². The van der Waals surface area contributed by atoms with E-state index in [0.29, 0.717) is 47.1 Å². The van der Waals surface area contributed by atoms with Crippen molar-refractivity contribution in [2.45, 2.75) is 13.1 Å². The van der Waals surface area contributed by atoms with Gasteiger partial charge in [-0.2, -0.15) is 4.98 Å². The second kappa shape index (κ2) is 8.84. The predicted octanol–water partition coefficient (Wildman–Crippen LogP) is 4.92. The van der Waals surface area contributed by atoms with Gasteiger partial charge >= 0.3 is 0 Å². The van der Waals surface area contributed by atoms with Crippen LogP contribution in [0.4, 0.5) is 16.2 Å². The quantitative estimate of drug-likeness (QED) is 0.374. The van der Waals surface area contributed by atoms with Gasteiger partial charge < -0.3 is 11.1 Å². The highest BCUT2D eigenvalue weighted by atomic mass is 35.5. The number of halogens is 2. The summed E-state index contributed by atoms with van der Waals surface area (Å²) in [5.74, 6) is 0.280. The molecule has 0 fully saturated rings. The molecule has 5 aromatic rings. The minimum atomic E-state index is -0.506. The van der Waals surface area contributed by atoms with Crippen LogP contribution in [-0.2, 0) is 13.1 Å². The third-order valence-electron chi connectivity index (χ3n) is 5.18. The van der Waals surface area contributed by atoms with E-state index in [1.807, 2.05) is 42.5 Å². The van der Waals surface area contributed by atoms with Crippen LogP contribution in [0.3, 0.4) is 0 Å². The molecule has 3 N–H and O–H groups in total. The summed E-state index contributed by atoms with van der Waals surface area (Å²) in [7, 11) is 0. The first-order chi connectivity index (χ1) is 16.1. The maximum Gasteiger partial charge on any atom is 0.225 e. The van der Waals surface area contributed by atoms with Gasteiger partial charge in [0.2, 0.25) is 5.95 Å². The molecule has 0 unspecified atom stereocenters. The highest BCUT2D eigenvalue weighted by Crippen LogP contribution is 2.33. The summed E-state index contributed by atoms with van der Waals surface area (Å²) in [6.07, 6.45) is 3.48. The molecule has 7 nitrogen and oxygen atoms in total. The van der Waals surface area contributed by atoms with Gasteiger partial charge in [-0.25, -0.2) is 14.1 Å². The molecule has 9 heteroatoms. The number of rotatable bonds is 6. The molecular formula is C24H19ClFN7. The van der Waals surface area contributed by atoms with E-state index in [9.17, 15) is 4.39 Å². The Kier molecular flexibility index (Phi) is 5.58. The summed E-state index contributed by atoms with van der Waals surface area (Å²) >= 11 is 6.06. The molecule has 3 aromatic heterocycles. The van der Waals surface area contributed by atoms with Crippen LogP contribution in [0.2, 0.25) is 5.02 Å². The lowest BCUT2D eigenvalue weighted by molar-refractivity contribution is 0.628. The minimum absolute atomic E-state index is 0.000574. The molecule has 3 heterocycles. The number of fused-ring (bicyclic) bond motifs is 1. The molecule has 33 heavy (non-hydrogen) atoms. The first-order valence-electron chi connectivity index (χ1n) is 10.2. The number of benzene rings is 2. The minimum Gasteiger partial charge on any atom is -0.383 e. The van der Waals surface area contributed by atoms with Crippen LogP contribution in [0.1, 0.15) is 11.1 Å². The average Bonchev–Trinajstić information content (AvgIpc) is 3.15. The van der Waals surface area contributed by atoms with E-state index >= 15 is 0 Å². The predicted molar refractivity (Wildman–Crippen MR) is 127 cm³/mol. The van der Waals surface area contributed by atoms with Crippen LogP contribution in [0.25, 0.3) is 22.3 Å². The summed E-state index contributed by atoms with van der Waals surface area (Å²) in [6, 6.07) is 18.1. The zero-order valence-corrected chi connectivity index (χ0v) is 18.2. The number of aromatic nitrogens is 5. The van der Waals surface area contributed by atoms with E-state index in [0.717, 1.165) is 11.1 Å². The molecule has 0 aliphatic carbocycles. The van der Waals surface area contributed by atoms with Crippen LogP contribution in [0, 0.1) is 5.82 Å². The van der Waals surface area contributed by atoms with Crippen molar-refractivity contribution in [2.75, 3.05) is 11.1 Å². The fourth-order valence-corrected chi connectivity index (χ4v) is 3.73. The Morgan fingerprint density at radius 3 is 2.58 bits per heavy atom. The number of hydrogen-bond acceptors (Lipinski definition) is 6. The molecule has 0 saturated carbocycles. The smallest absolute Gasteiger partial charge is 0.225 e. The van der Waals surface area contributed by atoms with Crippen molar-refractivity contribution < 1.29 is 4.39 Å². The monoisotopic (exact) mass is 459 g/mol.